The highest BCUT2D eigenvalue weighted by Gasteiger charge is 2.16. The number of morpholine rings is 1. The lowest BCUT2D eigenvalue weighted by Gasteiger charge is -2.23. The van der Waals surface area contributed by atoms with Gasteiger partial charge in [0.15, 0.2) is 0 Å². The van der Waals surface area contributed by atoms with E-state index >= 15 is 0 Å². The Balaban J connectivity index is 1.44. The predicted octanol–water partition coefficient (Wildman–Crippen LogP) is 1.46. The number of hydrogen-bond donors (Lipinski definition) is 2. The smallest absolute Gasteiger partial charge is 0.221 e. The number of amides is 1. The van der Waals surface area contributed by atoms with Gasteiger partial charge in [0.2, 0.25) is 5.91 Å². The zero-order valence-electron chi connectivity index (χ0n) is 14.3. The van der Waals surface area contributed by atoms with Crippen LogP contribution in [0.2, 0.25) is 0 Å². The number of carbonyl (C=O) groups excluding carboxylic acids is 1. The lowest BCUT2D eigenvalue weighted by atomic mass is 10.2. The summed E-state index contributed by atoms with van der Waals surface area (Å²) in [5.41, 5.74) is 1.04. The van der Waals surface area contributed by atoms with Crippen LogP contribution in [0.3, 0.4) is 0 Å². The highest BCUT2D eigenvalue weighted by Crippen LogP contribution is 2.17. The highest BCUT2D eigenvalue weighted by atomic mass is 16.5. The Kier molecular flexibility index (Phi) is 6.43. The molecule has 0 aliphatic carbocycles. The summed E-state index contributed by atoms with van der Waals surface area (Å²) < 4.78 is 5.37. The van der Waals surface area contributed by atoms with Crippen molar-refractivity contribution in [1.29, 1.82) is 0 Å². The maximum absolute atomic E-state index is 12.0. The van der Waals surface area contributed by atoms with Crippen molar-refractivity contribution in [3.8, 4) is 0 Å². The van der Waals surface area contributed by atoms with Gasteiger partial charge in [0.1, 0.15) is 5.82 Å². The second-order valence-corrected chi connectivity index (χ2v) is 6.63. The summed E-state index contributed by atoms with van der Waals surface area (Å²) in [4.78, 5) is 18.9. The predicted molar refractivity (Wildman–Crippen MR) is 94.0 cm³/mol. The number of rotatable bonds is 5. The first-order valence-corrected chi connectivity index (χ1v) is 9.09. The van der Waals surface area contributed by atoms with Crippen molar-refractivity contribution in [2.45, 2.75) is 44.7 Å². The fourth-order valence-electron chi connectivity index (χ4n) is 3.26. The molecule has 132 valence electrons. The highest BCUT2D eigenvalue weighted by molar-refractivity contribution is 5.76. The average Bonchev–Trinajstić information content (AvgIpc) is 2.91. The van der Waals surface area contributed by atoms with Crippen LogP contribution in [0.5, 0.6) is 0 Å². The molecule has 2 aliphatic heterocycles. The van der Waals surface area contributed by atoms with E-state index in [2.05, 4.69) is 32.7 Å². The van der Waals surface area contributed by atoms with Gasteiger partial charge in [0, 0.05) is 44.8 Å². The van der Waals surface area contributed by atoms with E-state index in [1.165, 1.54) is 25.7 Å². The van der Waals surface area contributed by atoms with Gasteiger partial charge in [-0.1, -0.05) is 18.9 Å². The van der Waals surface area contributed by atoms with Crippen molar-refractivity contribution < 1.29 is 9.53 Å². The standard InChI is InChI=1S/C18H28N4O2/c23-18(11-16-14-24-10-7-19-16)21-13-15-5-6-17(20-12-15)22-8-3-1-2-4-9-22/h5-6,12,16,19H,1-4,7-11,13-14H2,(H,21,23). The number of nitrogens with zero attached hydrogens (tertiary/aromatic N) is 2. The van der Waals surface area contributed by atoms with Crippen molar-refractivity contribution in [2.75, 3.05) is 37.7 Å². The minimum atomic E-state index is 0.0506. The third-order valence-corrected chi connectivity index (χ3v) is 4.66. The van der Waals surface area contributed by atoms with E-state index in [1.807, 2.05) is 6.20 Å². The number of aromatic nitrogens is 1. The van der Waals surface area contributed by atoms with Crippen LogP contribution < -0.4 is 15.5 Å². The number of hydrogen-bond acceptors (Lipinski definition) is 5. The van der Waals surface area contributed by atoms with E-state index < -0.39 is 0 Å². The molecule has 24 heavy (non-hydrogen) atoms. The lowest BCUT2D eigenvalue weighted by molar-refractivity contribution is -0.122. The van der Waals surface area contributed by atoms with E-state index in [1.54, 1.807) is 0 Å². The Morgan fingerprint density at radius 3 is 2.79 bits per heavy atom. The molecular formula is C18H28N4O2. The molecular weight excluding hydrogens is 304 g/mol. The van der Waals surface area contributed by atoms with E-state index in [0.29, 0.717) is 19.6 Å². The zero-order valence-corrected chi connectivity index (χ0v) is 14.3. The summed E-state index contributed by atoms with van der Waals surface area (Å²) >= 11 is 0. The van der Waals surface area contributed by atoms with Crippen LogP contribution in [0.1, 0.15) is 37.7 Å². The summed E-state index contributed by atoms with van der Waals surface area (Å²) in [5.74, 6) is 1.10. The lowest BCUT2D eigenvalue weighted by Crippen LogP contribution is -2.44. The Bertz CT molecular complexity index is 506. The number of nitrogens with one attached hydrogen (secondary N) is 2. The third-order valence-electron chi connectivity index (χ3n) is 4.66. The molecule has 0 spiro atoms. The molecule has 0 bridgehead atoms. The van der Waals surface area contributed by atoms with Crippen molar-refractivity contribution in [2.24, 2.45) is 0 Å². The van der Waals surface area contributed by atoms with Gasteiger partial charge in [-0.25, -0.2) is 4.98 Å². The number of pyridine rings is 1. The molecule has 0 saturated carbocycles. The summed E-state index contributed by atoms with van der Waals surface area (Å²) in [6, 6.07) is 4.26. The SMILES string of the molecule is O=C(CC1COCCN1)NCc1ccc(N2CCCCCC2)nc1. The number of carbonyl (C=O) groups is 1. The summed E-state index contributed by atoms with van der Waals surface area (Å²) in [6.45, 7) is 4.88. The van der Waals surface area contributed by atoms with Gasteiger partial charge < -0.3 is 20.3 Å². The minimum Gasteiger partial charge on any atom is -0.378 e. The molecule has 1 amide bonds. The van der Waals surface area contributed by atoms with Gasteiger partial charge in [0.05, 0.1) is 13.2 Å². The fraction of sp³-hybridized carbons (Fsp3) is 0.667. The topological polar surface area (TPSA) is 66.5 Å². The summed E-state index contributed by atoms with van der Waals surface area (Å²) in [5, 5.41) is 6.26. The normalized spacial score (nSPS) is 22.0. The van der Waals surface area contributed by atoms with Crippen molar-refractivity contribution in [3.05, 3.63) is 23.9 Å². The van der Waals surface area contributed by atoms with Crippen LogP contribution in [0, 0.1) is 0 Å². The Morgan fingerprint density at radius 1 is 1.29 bits per heavy atom. The third kappa shape index (κ3) is 5.18. The molecule has 1 aromatic rings. The Hall–Kier alpha value is -1.66. The fourth-order valence-corrected chi connectivity index (χ4v) is 3.26. The number of ether oxygens (including phenoxy) is 1. The van der Waals surface area contributed by atoms with E-state index in [-0.39, 0.29) is 11.9 Å². The largest absolute Gasteiger partial charge is 0.378 e. The van der Waals surface area contributed by atoms with E-state index in [0.717, 1.165) is 37.6 Å². The Labute approximate surface area is 144 Å². The molecule has 1 unspecified atom stereocenters. The van der Waals surface area contributed by atoms with Crippen molar-refractivity contribution >= 4 is 11.7 Å². The second-order valence-electron chi connectivity index (χ2n) is 6.63. The summed E-state index contributed by atoms with van der Waals surface area (Å²) in [6.07, 6.45) is 7.47. The van der Waals surface area contributed by atoms with Crippen LogP contribution in [0.25, 0.3) is 0 Å². The second kappa shape index (κ2) is 8.99. The van der Waals surface area contributed by atoms with Gasteiger partial charge >= 0.3 is 0 Å². The molecule has 1 aromatic heterocycles. The molecule has 0 radical (unpaired) electrons. The van der Waals surface area contributed by atoms with Crippen LogP contribution in [0.4, 0.5) is 5.82 Å². The molecule has 2 N–H and O–H groups in total. The molecule has 2 aliphatic rings. The first-order chi connectivity index (χ1) is 11.8. The molecule has 3 rings (SSSR count). The molecule has 1 atom stereocenters. The van der Waals surface area contributed by atoms with Crippen LogP contribution >= 0.6 is 0 Å². The first-order valence-electron chi connectivity index (χ1n) is 9.09. The quantitative estimate of drug-likeness (QED) is 0.854. The van der Waals surface area contributed by atoms with E-state index in [4.69, 9.17) is 4.74 Å². The van der Waals surface area contributed by atoms with Crippen molar-refractivity contribution in [1.82, 2.24) is 15.6 Å². The summed E-state index contributed by atoms with van der Waals surface area (Å²) in [7, 11) is 0. The molecule has 6 heteroatoms. The van der Waals surface area contributed by atoms with Gasteiger partial charge in [-0.3, -0.25) is 4.79 Å². The monoisotopic (exact) mass is 332 g/mol. The van der Waals surface area contributed by atoms with Gasteiger partial charge in [-0.2, -0.15) is 0 Å². The average molecular weight is 332 g/mol. The van der Waals surface area contributed by atoms with Gasteiger partial charge in [-0.15, -0.1) is 0 Å². The van der Waals surface area contributed by atoms with E-state index in [9.17, 15) is 4.79 Å². The van der Waals surface area contributed by atoms with Crippen LogP contribution in [-0.2, 0) is 16.1 Å². The molecule has 2 saturated heterocycles. The molecule has 3 heterocycles. The van der Waals surface area contributed by atoms with Gasteiger partial charge in [0.25, 0.3) is 0 Å². The maximum atomic E-state index is 12.0. The Morgan fingerprint density at radius 2 is 2.12 bits per heavy atom. The zero-order chi connectivity index (χ0) is 16.6. The molecule has 6 nitrogen and oxygen atoms in total. The molecule has 0 aromatic carbocycles. The maximum Gasteiger partial charge on any atom is 0.221 e. The molecule has 2 fully saturated rings. The minimum absolute atomic E-state index is 0.0506. The van der Waals surface area contributed by atoms with Crippen molar-refractivity contribution in [3.63, 3.8) is 0 Å². The van der Waals surface area contributed by atoms with Crippen LogP contribution in [-0.4, -0.2) is 49.8 Å². The van der Waals surface area contributed by atoms with Gasteiger partial charge in [-0.05, 0) is 24.5 Å². The van der Waals surface area contributed by atoms with Crippen LogP contribution in [0.15, 0.2) is 18.3 Å². The first kappa shape index (κ1) is 17.2. The number of anilines is 1.